The molecule has 98 valence electrons. The van der Waals surface area contributed by atoms with Gasteiger partial charge in [0, 0.05) is 5.41 Å². The summed E-state index contributed by atoms with van der Waals surface area (Å²) in [5, 5.41) is 11.9. The Morgan fingerprint density at radius 1 is 1.26 bits per heavy atom. The Labute approximate surface area is 119 Å². The van der Waals surface area contributed by atoms with Gasteiger partial charge in [0.05, 0.1) is 23.0 Å². The van der Waals surface area contributed by atoms with E-state index < -0.39 is 0 Å². The van der Waals surface area contributed by atoms with Crippen molar-refractivity contribution < 1.29 is 0 Å². The molecule has 0 unspecified atom stereocenters. The Bertz CT molecular complexity index is 696. The molecule has 0 bridgehead atoms. The molecule has 0 aliphatic rings. The summed E-state index contributed by atoms with van der Waals surface area (Å²) in [5.41, 5.74) is 1.84. The van der Waals surface area contributed by atoms with Crippen molar-refractivity contribution in [3.8, 4) is 11.8 Å². The zero-order valence-electron chi connectivity index (χ0n) is 11.0. The topological polar surface area (TPSA) is 61.6 Å². The molecule has 4 nitrogen and oxygen atoms in total. The van der Waals surface area contributed by atoms with Gasteiger partial charge in [-0.1, -0.05) is 20.8 Å². The van der Waals surface area contributed by atoms with E-state index in [1.54, 1.807) is 24.3 Å². The second-order valence-electron chi connectivity index (χ2n) is 5.35. The minimum Gasteiger partial charge on any atom is -0.293 e. The second-order valence-corrected chi connectivity index (χ2v) is 6.14. The van der Waals surface area contributed by atoms with E-state index in [1.807, 2.05) is 20.8 Å². The number of benzene rings is 1. The first-order valence-corrected chi connectivity index (χ1v) is 6.65. The Hall–Kier alpha value is -1.80. The van der Waals surface area contributed by atoms with Crippen LogP contribution in [-0.4, -0.2) is 9.78 Å². The van der Waals surface area contributed by atoms with Gasteiger partial charge in [0.25, 0.3) is 5.56 Å². The van der Waals surface area contributed by atoms with Gasteiger partial charge >= 0.3 is 0 Å². The van der Waals surface area contributed by atoms with Crippen LogP contribution in [0.5, 0.6) is 0 Å². The highest BCUT2D eigenvalue weighted by Crippen LogP contribution is 2.26. The maximum absolute atomic E-state index is 12.2. The summed E-state index contributed by atoms with van der Waals surface area (Å²) in [6.45, 7) is 6.10. The van der Waals surface area contributed by atoms with Gasteiger partial charge in [-0.2, -0.15) is 5.26 Å². The average Bonchev–Trinajstić information content (AvgIpc) is 2.66. The third kappa shape index (κ3) is 2.49. The number of aromatic amines is 1. The fraction of sp³-hybridized carbons (Fsp3) is 0.286. The Balaban J connectivity index is 2.58. The first kappa shape index (κ1) is 13.6. The molecule has 0 aliphatic carbocycles. The number of H-pyrrole nitrogens is 1. The van der Waals surface area contributed by atoms with Gasteiger partial charge in [0.2, 0.25) is 0 Å². The van der Waals surface area contributed by atoms with Crippen LogP contribution in [0.2, 0.25) is 0 Å². The molecule has 19 heavy (non-hydrogen) atoms. The molecule has 0 amide bonds. The minimum atomic E-state index is -0.157. The molecule has 1 aromatic heterocycles. The van der Waals surface area contributed by atoms with Crippen LogP contribution in [0.4, 0.5) is 0 Å². The van der Waals surface area contributed by atoms with Crippen molar-refractivity contribution in [3.63, 3.8) is 0 Å². The highest BCUT2D eigenvalue weighted by Gasteiger charge is 2.23. The Kier molecular flexibility index (Phi) is 3.38. The Morgan fingerprint density at radius 2 is 1.84 bits per heavy atom. The van der Waals surface area contributed by atoms with Crippen LogP contribution < -0.4 is 5.56 Å². The number of aromatic nitrogens is 2. The number of nitrogens with zero attached hydrogens (tertiary/aromatic N) is 2. The van der Waals surface area contributed by atoms with Crippen molar-refractivity contribution in [2.24, 2.45) is 0 Å². The molecule has 0 saturated heterocycles. The molecule has 1 aromatic carbocycles. The van der Waals surface area contributed by atoms with E-state index in [4.69, 9.17) is 5.26 Å². The number of nitrogens with one attached hydrogen (secondary N) is 1. The molecule has 0 saturated carbocycles. The molecule has 2 aromatic rings. The van der Waals surface area contributed by atoms with E-state index in [1.165, 1.54) is 4.68 Å². The van der Waals surface area contributed by atoms with E-state index >= 15 is 0 Å². The lowest BCUT2D eigenvalue weighted by atomic mass is 9.93. The molecule has 0 fully saturated rings. The van der Waals surface area contributed by atoms with Crippen LogP contribution in [0.25, 0.3) is 5.69 Å². The molecule has 0 atom stereocenters. The zero-order valence-corrected chi connectivity index (χ0v) is 12.6. The minimum absolute atomic E-state index is 0.130. The highest BCUT2D eigenvalue weighted by atomic mass is 79.9. The number of hydrogen-bond acceptors (Lipinski definition) is 2. The molecule has 1 N–H and O–H groups in total. The smallest absolute Gasteiger partial charge is 0.285 e. The molecule has 5 heteroatoms. The molecule has 0 spiro atoms. The number of hydrogen-bond donors (Lipinski definition) is 1. The van der Waals surface area contributed by atoms with Crippen LogP contribution in [0.1, 0.15) is 32.0 Å². The van der Waals surface area contributed by atoms with E-state index in [0.29, 0.717) is 15.7 Å². The van der Waals surface area contributed by atoms with E-state index in [2.05, 4.69) is 27.1 Å². The van der Waals surface area contributed by atoms with Gasteiger partial charge in [-0.25, -0.2) is 4.68 Å². The van der Waals surface area contributed by atoms with E-state index in [-0.39, 0.29) is 11.0 Å². The lowest BCUT2D eigenvalue weighted by molar-refractivity contribution is 0.557. The van der Waals surface area contributed by atoms with Crippen molar-refractivity contribution in [1.29, 1.82) is 5.26 Å². The van der Waals surface area contributed by atoms with Crippen LogP contribution in [0.3, 0.4) is 0 Å². The first-order chi connectivity index (χ1) is 8.84. The summed E-state index contributed by atoms with van der Waals surface area (Å²) in [7, 11) is 0. The number of halogens is 1. The summed E-state index contributed by atoms with van der Waals surface area (Å²) < 4.78 is 2.02. The molecule has 1 heterocycles. The summed E-state index contributed by atoms with van der Waals surface area (Å²) in [6, 6.07) is 8.92. The van der Waals surface area contributed by atoms with Crippen LogP contribution in [0, 0.1) is 11.3 Å². The lowest BCUT2D eigenvalue weighted by Gasteiger charge is -2.16. The summed E-state index contributed by atoms with van der Waals surface area (Å²) in [5.74, 6) is 0. The quantitative estimate of drug-likeness (QED) is 0.877. The van der Waals surface area contributed by atoms with Gasteiger partial charge in [0.15, 0.2) is 0 Å². The molecular weight excluding hydrogens is 306 g/mol. The summed E-state index contributed by atoms with van der Waals surface area (Å²) >= 11 is 3.35. The predicted octanol–water partition coefficient (Wildman–Crippen LogP) is 3.10. The van der Waals surface area contributed by atoms with E-state index in [9.17, 15) is 4.79 Å². The number of nitriles is 1. The van der Waals surface area contributed by atoms with Gasteiger partial charge in [0.1, 0.15) is 4.47 Å². The SMILES string of the molecule is CC(C)(C)c1[nH]n(-c2ccc(C#N)cc2)c(=O)c1Br. The van der Waals surface area contributed by atoms with Crippen molar-refractivity contribution in [3.05, 3.63) is 50.3 Å². The van der Waals surface area contributed by atoms with E-state index in [0.717, 1.165) is 5.69 Å². The molecule has 2 rings (SSSR count). The molecule has 0 aliphatic heterocycles. The monoisotopic (exact) mass is 319 g/mol. The van der Waals surface area contributed by atoms with Gasteiger partial charge in [-0.3, -0.25) is 9.89 Å². The number of rotatable bonds is 1. The fourth-order valence-electron chi connectivity index (χ4n) is 1.78. The Morgan fingerprint density at radius 3 is 2.26 bits per heavy atom. The second kappa shape index (κ2) is 4.71. The van der Waals surface area contributed by atoms with Gasteiger partial charge < -0.3 is 0 Å². The molecular formula is C14H14BrN3O. The van der Waals surface area contributed by atoms with Gasteiger partial charge in [-0.05, 0) is 40.2 Å². The normalized spacial score (nSPS) is 11.3. The highest BCUT2D eigenvalue weighted by molar-refractivity contribution is 9.10. The van der Waals surface area contributed by atoms with Crippen LogP contribution >= 0.6 is 15.9 Å². The predicted molar refractivity (Wildman–Crippen MR) is 77.5 cm³/mol. The fourth-order valence-corrected chi connectivity index (χ4v) is 2.64. The average molecular weight is 320 g/mol. The summed E-state index contributed by atoms with van der Waals surface area (Å²) in [6.07, 6.45) is 0. The van der Waals surface area contributed by atoms with Crippen molar-refractivity contribution in [2.45, 2.75) is 26.2 Å². The van der Waals surface area contributed by atoms with Crippen molar-refractivity contribution in [2.75, 3.05) is 0 Å². The standard InChI is InChI=1S/C14H14BrN3O/c1-14(2,3)12-11(15)13(19)18(17-12)10-6-4-9(8-16)5-7-10/h4-7,17H,1-3H3. The van der Waals surface area contributed by atoms with Crippen molar-refractivity contribution >= 4 is 15.9 Å². The largest absolute Gasteiger partial charge is 0.293 e. The lowest BCUT2D eigenvalue weighted by Crippen LogP contribution is -2.14. The third-order valence-corrected chi connectivity index (χ3v) is 3.57. The van der Waals surface area contributed by atoms with Crippen molar-refractivity contribution in [1.82, 2.24) is 9.78 Å². The maximum Gasteiger partial charge on any atom is 0.285 e. The summed E-state index contributed by atoms with van der Waals surface area (Å²) in [4.78, 5) is 12.2. The third-order valence-electron chi connectivity index (χ3n) is 2.84. The van der Waals surface area contributed by atoms with Gasteiger partial charge in [-0.15, -0.1) is 0 Å². The van der Waals surface area contributed by atoms with Crippen LogP contribution in [0.15, 0.2) is 33.5 Å². The molecule has 0 radical (unpaired) electrons. The maximum atomic E-state index is 12.2. The van der Waals surface area contributed by atoms with Crippen LogP contribution in [-0.2, 0) is 5.41 Å². The first-order valence-electron chi connectivity index (χ1n) is 5.86. The zero-order chi connectivity index (χ0) is 14.2.